The monoisotopic (exact) mass is 450 g/mol. The first-order chi connectivity index (χ1) is 16.1. The van der Waals surface area contributed by atoms with E-state index in [2.05, 4.69) is 0 Å². The Morgan fingerprint density at radius 2 is 1.24 bits per heavy atom. The molecule has 1 aliphatic heterocycles. The maximum atomic E-state index is 15.0. The normalized spacial score (nSPS) is 24.8. The smallest absolute Gasteiger partial charge is 0.338 e. The first kappa shape index (κ1) is 23.1. The summed E-state index contributed by atoms with van der Waals surface area (Å²) in [6, 6.07) is 27.7. The maximum absolute atomic E-state index is 15.0. The Kier molecular flexibility index (Phi) is 7.83. The zero-order valence-corrected chi connectivity index (χ0v) is 18.4. The molecule has 0 N–H and O–H groups in total. The van der Waals surface area contributed by atoms with Crippen LogP contribution in [-0.4, -0.2) is 36.7 Å². The van der Waals surface area contributed by atoms with Crippen LogP contribution in [-0.2, 0) is 32.2 Å². The van der Waals surface area contributed by atoms with Crippen molar-refractivity contribution in [3.8, 4) is 0 Å². The van der Waals surface area contributed by atoms with Gasteiger partial charge in [-0.3, -0.25) is 0 Å². The van der Waals surface area contributed by atoms with Gasteiger partial charge in [0.15, 0.2) is 6.10 Å². The molecule has 0 saturated carbocycles. The van der Waals surface area contributed by atoms with Crippen LogP contribution in [0.1, 0.15) is 28.4 Å². The Balaban J connectivity index is 1.54. The third kappa shape index (κ3) is 6.05. The van der Waals surface area contributed by atoms with Crippen molar-refractivity contribution in [2.75, 3.05) is 0 Å². The molecule has 5 atom stereocenters. The van der Waals surface area contributed by atoms with Gasteiger partial charge in [0.1, 0.15) is 12.2 Å². The van der Waals surface area contributed by atoms with E-state index >= 15 is 4.39 Å². The van der Waals surface area contributed by atoms with Crippen molar-refractivity contribution in [2.24, 2.45) is 0 Å². The molecule has 0 radical (unpaired) electrons. The van der Waals surface area contributed by atoms with Gasteiger partial charge in [0.2, 0.25) is 6.36 Å². The van der Waals surface area contributed by atoms with Crippen molar-refractivity contribution < 1.29 is 28.1 Å². The molecule has 3 aromatic carbocycles. The standard InChI is InChI=1S/C27H27FO5/c1-19-23(33-27(29)22-15-9-4-10-16-22)24(30-17-20-11-5-2-6-12-20)25(26(28)32-19)31-18-21-13-7-3-8-14-21/h2-16,19,23-26H,17-18H2,1H3/t19-,23+,24+,25-,26-/m0/s1. The number of carbonyl (C=O) groups is 1. The molecule has 0 bridgehead atoms. The maximum Gasteiger partial charge on any atom is 0.338 e. The lowest BCUT2D eigenvalue weighted by atomic mass is 9.99. The van der Waals surface area contributed by atoms with Gasteiger partial charge in [-0.05, 0) is 30.2 Å². The summed E-state index contributed by atoms with van der Waals surface area (Å²) in [4.78, 5) is 12.8. The Bertz CT molecular complexity index is 999. The third-order valence-electron chi connectivity index (χ3n) is 5.54. The molecule has 1 heterocycles. The lowest BCUT2D eigenvalue weighted by molar-refractivity contribution is -0.278. The predicted molar refractivity (Wildman–Crippen MR) is 121 cm³/mol. The summed E-state index contributed by atoms with van der Waals surface area (Å²) in [5.74, 6) is -0.525. The fourth-order valence-electron chi connectivity index (χ4n) is 3.79. The highest BCUT2D eigenvalue weighted by Gasteiger charge is 2.48. The fraction of sp³-hybridized carbons (Fsp3) is 0.296. The number of benzene rings is 3. The van der Waals surface area contributed by atoms with Gasteiger partial charge in [0.25, 0.3) is 0 Å². The molecule has 6 heteroatoms. The van der Waals surface area contributed by atoms with Crippen LogP contribution in [0, 0.1) is 0 Å². The summed E-state index contributed by atoms with van der Waals surface area (Å²) < 4.78 is 38.4. The number of hydrogen-bond donors (Lipinski definition) is 0. The second-order valence-corrected chi connectivity index (χ2v) is 7.95. The highest BCUT2D eigenvalue weighted by Crippen LogP contribution is 2.30. The van der Waals surface area contributed by atoms with Crippen LogP contribution in [0.2, 0.25) is 0 Å². The SMILES string of the molecule is C[C@@H]1O[C@H](F)[C@@H](OCc2ccccc2)[C@H](OCc2ccccc2)[C@@H]1OC(=O)c1ccccc1. The summed E-state index contributed by atoms with van der Waals surface area (Å²) in [6.45, 7) is 2.06. The van der Waals surface area contributed by atoms with Crippen LogP contribution in [0.25, 0.3) is 0 Å². The second-order valence-electron chi connectivity index (χ2n) is 7.95. The van der Waals surface area contributed by atoms with E-state index in [1.165, 1.54) is 0 Å². The molecular formula is C27H27FO5. The number of esters is 1. The summed E-state index contributed by atoms with van der Waals surface area (Å²) in [7, 11) is 0. The zero-order valence-electron chi connectivity index (χ0n) is 18.4. The zero-order chi connectivity index (χ0) is 23.0. The van der Waals surface area contributed by atoms with E-state index in [0.717, 1.165) is 11.1 Å². The molecule has 4 rings (SSSR count). The van der Waals surface area contributed by atoms with Crippen LogP contribution in [0.15, 0.2) is 91.0 Å². The molecule has 0 unspecified atom stereocenters. The lowest BCUT2D eigenvalue weighted by Crippen LogP contribution is -2.58. The predicted octanol–water partition coefficient (Wildman–Crippen LogP) is 5.10. The Morgan fingerprint density at radius 1 is 0.758 bits per heavy atom. The summed E-state index contributed by atoms with van der Waals surface area (Å²) in [5.41, 5.74) is 2.21. The van der Waals surface area contributed by atoms with E-state index in [4.69, 9.17) is 18.9 Å². The van der Waals surface area contributed by atoms with Gasteiger partial charge in [-0.25, -0.2) is 9.18 Å². The molecule has 1 fully saturated rings. The van der Waals surface area contributed by atoms with Crippen LogP contribution in [0.5, 0.6) is 0 Å². The van der Waals surface area contributed by atoms with E-state index in [0.29, 0.717) is 5.56 Å². The number of hydrogen-bond acceptors (Lipinski definition) is 5. The number of ether oxygens (including phenoxy) is 4. The van der Waals surface area contributed by atoms with Crippen molar-refractivity contribution in [3.05, 3.63) is 108 Å². The van der Waals surface area contributed by atoms with Crippen molar-refractivity contribution in [2.45, 2.75) is 50.9 Å². The number of halogens is 1. The largest absolute Gasteiger partial charge is 0.453 e. The Labute approximate surface area is 193 Å². The molecule has 0 amide bonds. The average Bonchev–Trinajstić information content (AvgIpc) is 2.85. The van der Waals surface area contributed by atoms with Gasteiger partial charge in [-0.15, -0.1) is 0 Å². The van der Waals surface area contributed by atoms with Crippen molar-refractivity contribution in [3.63, 3.8) is 0 Å². The second kappa shape index (κ2) is 11.2. The van der Waals surface area contributed by atoms with Gasteiger partial charge in [0.05, 0.1) is 24.9 Å². The van der Waals surface area contributed by atoms with E-state index < -0.39 is 36.7 Å². The molecule has 33 heavy (non-hydrogen) atoms. The molecule has 1 aliphatic rings. The lowest BCUT2D eigenvalue weighted by Gasteiger charge is -2.42. The number of rotatable bonds is 8. The molecule has 1 saturated heterocycles. The molecule has 0 aliphatic carbocycles. The fourth-order valence-corrected chi connectivity index (χ4v) is 3.79. The first-order valence-electron chi connectivity index (χ1n) is 11.0. The van der Waals surface area contributed by atoms with Gasteiger partial charge in [0, 0.05) is 0 Å². The molecule has 172 valence electrons. The minimum atomic E-state index is -1.73. The minimum Gasteiger partial charge on any atom is -0.453 e. The minimum absolute atomic E-state index is 0.175. The average molecular weight is 451 g/mol. The van der Waals surface area contributed by atoms with Gasteiger partial charge in [-0.2, -0.15) is 0 Å². The van der Waals surface area contributed by atoms with Gasteiger partial charge in [-0.1, -0.05) is 78.9 Å². The summed E-state index contributed by atoms with van der Waals surface area (Å²) >= 11 is 0. The Hall–Kier alpha value is -3.06. The summed E-state index contributed by atoms with van der Waals surface area (Å²) in [5, 5.41) is 0. The van der Waals surface area contributed by atoms with Crippen LogP contribution < -0.4 is 0 Å². The molecule has 3 aromatic rings. The van der Waals surface area contributed by atoms with Crippen LogP contribution in [0.3, 0.4) is 0 Å². The highest BCUT2D eigenvalue weighted by molar-refractivity contribution is 5.89. The van der Waals surface area contributed by atoms with Gasteiger partial charge < -0.3 is 18.9 Å². The van der Waals surface area contributed by atoms with Crippen molar-refractivity contribution in [1.82, 2.24) is 0 Å². The Morgan fingerprint density at radius 3 is 1.79 bits per heavy atom. The molecular weight excluding hydrogens is 423 g/mol. The molecule has 5 nitrogen and oxygen atoms in total. The van der Waals surface area contributed by atoms with E-state index in [9.17, 15) is 4.79 Å². The topological polar surface area (TPSA) is 54.0 Å². The van der Waals surface area contributed by atoms with Crippen molar-refractivity contribution in [1.29, 1.82) is 0 Å². The third-order valence-corrected chi connectivity index (χ3v) is 5.54. The number of carbonyl (C=O) groups excluding carboxylic acids is 1. The first-order valence-corrected chi connectivity index (χ1v) is 11.0. The van der Waals surface area contributed by atoms with E-state index in [1.54, 1.807) is 31.2 Å². The molecule has 0 spiro atoms. The van der Waals surface area contributed by atoms with Gasteiger partial charge >= 0.3 is 5.97 Å². The highest BCUT2D eigenvalue weighted by atomic mass is 19.1. The van der Waals surface area contributed by atoms with E-state index in [-0.39, 0.29) is 13.2 Å². The number of alkyl halides is 1. The van der Waals surface area contributed by atoms with Crippen molar-refractivity contribution >= 4 is 5.97 Å². The summed E-state index contributed by atoms with van der Waals surface area (Å²) in [6.07, 6.45) is -5.23. The quantitative estimate of drug-likeness (QED) is 0.447. The van der Waals surface area contributed by atoms with Crippen LogP contribution in [0.4, 0.5) is 4.39 Å². The van der Waals surface area contributed by atoms with Crippen LogP contribution >= 0.6 is 0 Å². The van der Waals surface area contributed by atoms with E-state index in [1.807, 2.05) is 66.7 Å². The molecule has 0 aromatic heterocycles.